The zero-order chi connectivity index (χ0) is 13.8. The van der Waals surface area contributed by atoms with Gasteiger partial charge in [0.05, 0.1) is 24.0 Å². The fourth-order valence-corrected chi connectivity index (χ4v) is 1.99. The number of hydrogen-bond acceptors (Lipinski definition) is 5. The van der Waals surface area contributed by atoms with Gasteiger partial charge >= 0.3 is 0 Å². The van der Waals surface area contributed by atoms with E-state index in [0.717, 1.165) is 0 Å². The Balaban J connectivity index is 1.88. The second-order valence-electron chi connectivity index (χ2n) is 4.44. The highest BCUT2D eigenvalue weighted by molar-refractivity contribution is 5.94. The highest BCUT2D eigenvalue weighted by atomic mass is 16.5. The second-order valence-corrected chi connectivity index (χ2v) is 4.44. The molecule has 0 aliphatic carbocycles. The molecule has 0 aromatic carbocycles. The maximum Gasteiger partial charge on any atom is 0.241 e. The minimum atomic E-state index is -0.485. The number of amides is 2. The van der Waals surface area contributed by atoms with Crippen molar-refractivity contribution in [2.24, 2.45) is 5.73 Å². The Bertz CT molecular complexity index is 473. The molecule has 1 saturated heterocycles. The minimum absolute atomic E-state index is 0.0106. The number of anilines is 1. The van der Waals surface area contributed by atoms with E-state index in [1.165, 1.54) is 10.9 Å². The van der Waals surface area contributed by atoms with Gasteiger partial charge in [-0.2, -0.15) is 5.10 Å². The molecule has 8 nitrogen and oxygen atoms in total. The number of carbonyl (C=O) groups excluding carboxylic acids is 2. The topological polar surface area (TPSA) is 111 Å². The summed E-state index contributed by atoms with van der Waals surface area (Å²) >= 11 is 0. The van der Waals surface area contributed by atoms with E-state index >= 15 is 0 Å². The molecule has 4 N–H and O–H groups in total. The van der Waals surface area contributed by atoms with E-state index in [2.05, 4.69) is 15.7 Å². The van der Waals surface area contributed by atoms with Crippen molar-refractivity contribution >= 4 is 17.5 Å². The van der Waals surface area contributed by atoms with Crippen LogP contribution >= 0.6 is 0 Å². The van der Waals surface area contributed by atoms with Crippen LogP contribution in [0, 0.1) is 0 Å². The highest BCUT2D eigenvalue weighted by Gasteiger charge is 2.29. The largest absolute Gasteiger partial charge is 0.380 e. The summed E-state index contributed by atoms with van der Waals surface area (Å²) in [5, 5.41) is 9.73. The van der Waals surface area contributed by atoms with Crippen LogP contribution in [0.15, 0.2) is 12.4 Å². The smallest absolute Gasteiger partial charge is 0.241 e. The van der Waals surface area contributed by atoms with Gasteiger partial charge in [0.1, 0.15) is 6.54 Å². The molecule has 0 bridgehead atoms. The maximum absolute atomic E-state index is 11.9. The molecule has 0 radical (unpaired) electrons. The van der Waals surface area contributed by atoms with E-state index in [1.807, 2.05) is 0 Å². The molecule has 1 aliphatic rings. The zero-order valence-electron chi connectivity index (χ0n) is 10.6. The summed E-state index contributed by atoms with van der Waals surface area (Å²) in [6.45, 7) is 0.652. The zero-order valence-corrected chi connectivity index (χ0v) is 10.6. The molecule has 2 heterocycles. The number of hydrogen-bond donors (Lipinski definition) is 3. The summed E-state index contributed by atoms with van der Waals surface area (Å²) < 4.78 is 6.55. The number of nitrogens with zero attached hydrogens (tertiary/aromatic N) is 2. The van der Waals surface area contributed by atoms with Crippen LogP contribution in [0.5, 0.6) is 0 Å². The number of nitrogens with one attached hydrogen (secondary N) is 2. The van der Waals surface area contributed by atoms with Crippen molar-refractivity contribution in [1.82, 2.24) is 15.1 Å². The lowest BCUT2D eigenvalue weighted by Gasteiger charge is -2.09. The molecule has 0 spiro atoms. The monoisotopic (exact) mass is 267 g/mol. The van der Waals surface area contributed by atoms with Gasteiger partial charge in [-0.25, -0.2) is 0 Å². The summed E-state index contributed by atoms with van der Waals surface area (Å²) in [6, 6.07) is -0.274. The van der Waals surface area contributed by atoms with E-state index in [1.54, 1.807) is 13.3 Å². The first-order chi connectivity index (χ1) is 9.08. The predicted octanol–water partition coefficient (Wildman–Crippen LogP) is -1.32. The van der Waals surface area contributed by atoms with Crippen molar-refractivity contribution in [3.8, 4) is 0 Å². The fourth-order valence-electron chi connectivity index (χ4n) is 1.99. The van der Waals surface area contributed by atoms with Gasteiger partial charge in [0.15, 0.2) is 0 Å². The summed E-state index contributed by atoms with van der Waals surface area (Å²) in [6.07, 6.45) is 3.74. The van der Waals surface area contributed by atoms with Gasteiger partial charge in [0.25, 0.3) is 0 Å². The number of ether oxygens (including phenoxy) is 1. The van der Waals surface area contributed by atoms with Gasteiger partial charge in [-0.3, -0.25) is 14.3 Å². The van der Waals surface area contributed by atoms with Gasteiger partial charge in [0.2, 0.25) is 11.8 Å². The number of methoxy groups -OCH3 is 1. The minimum Gasteiger partial charge on any atom is -0.380 e. The molecule has 19 heavy (non-hydrogen) atoms. The molecule has 2 unspecified atom stereocenters. The van der Waals surface area contributed by atoms with Crippen molar-refractivity contribution in [2.75, 3.05) is 19.0 Å². The van der Waals surface area contributed by atoms with Crippen molar-refractivity contribution in [3.63, 3.8) is 0 Å². The quantitative estimate of drug-likeness (QED) is 0.613. The van der Waals surface area contributed by atoms with Crippen molar-refractivity contribution in [2.45, 2.75) is 25.1 Å². The highest BCUT2D eigenvalue weighted by Crippen LogP contribution is 2.12. The summed E-state index contributed by atoms with van der Waals surface area (Å²) in [5.41, 5.74) is 5.59. The van der Waals surface area contributed by atoms with Crippen LogP contribution in [0.3, 0.4) is 0 Å². The van der Waals surface area contributed by atoms with E-state index in [0.29, 0.717) is 18.7 Å². The Labute approximate surface area is 110 Å². The number of aromatic nitrogens is 2. The third-order valence-electron chi connectivity index (χ3n) is 2.96. The van der Waals surface area contributed by atoms with Gasteiger partial charge in [-0.1, -0.05) is 0 Å². The predicted molar refractivity (Wildman–Crippen MR) is 67.3 cm³/mol. The number of primary amides is 1. The number of carbonyl (C=O) groups is 2. The first kappa shape index (κ1) is 13.5. The lowest BCUT2D eigenvalue weighted by molar-refractivity contribution is -0.119. The SMILES string of the molecule is COC1CNC(C(=O)Nc2cnn(CC(N)=O)c2)C1. The molecule has 1 aliphatic heterocycles. The molecule has 104 valence electrons. The molecule has 1 aromatic rings. The first-order valence-electron chi connectivity index (χ1n) is 5.96. The number of rotatable bonds is 5. The second kappa shape index (κ2) is 5.81. The normalized spacial score (nSPS) is 22.4. The van der Waals surface area contributed by atoms with Crippen LogP contribution in [-0.2, 0) is 20.9 Å². The van der Waals surface area contributed by atoms with Crippen molar-refractivity contribution in [1.29, 1.82) is 0 Å². The van der Waals surface area contributed by atoms with Gasteiger partial charge in [0, 0.05) is 19.9 Å². The fraction of sp³-hybridized carbons (Fsp3) is 0.545. The van der Waals surface area contributed by atoms with Crippen LogP contribution in [0.2, 0.25) is 0 Å². The molecule has 1 fully saturated rings. The summed E-state index contributed by atoms with van der Waals surface area (Å²) in [5.74, 6) is -0.625. The standard InChI is InChI=1S/C11H17N5O3/c1-19-8-2-9(13-4-8)11(18)15-7-3-14-16(5-7)6-10(12)17/h3,5,8-9,13H,2,4,6H2,1H3,(H2,12,17)(H,15,18). The molecule has 2 amide bonds. The average molecular weight is 267 g/mol. The van der Waals surface area contributed by atoms with E-state index < -0.39 is 5.91 Å². The molecular formula is C11H17N5O3. The maximum atomic E-state index is 11.9. The first-order valence-corrected chi connectivity index (χ1v) is 5.96. The summed E-state index contributed by atoms with van der Waals surface area (Å²) in [7, 11) is 1.63. The van der Waals surface area contributed by atoms with Crippen molar-refractivity contribution in [3.05, 3.63) is 12.4 Å². The number of nitrogens with two attached hydrogens (primary N) is 1. The van der Waals surface area contributed by atoms with E-state index in [-0.39, 0.29) is 24.6 Å². The Hall–Kier alpha value is -1.93. The molecule has 2 atom stereocenters. The molecular weight excluding hydrogens is 250 g/mol. The Kier molecular flexibility index (Phi) is 4.13. The van der Waals surface area contributed by atoms with Gasteiger partial charge in [-0.05, 0) is 6.42 Å². The van der Waals surface area contributed by atoms with Gasteiger partial charge in [-0.15, -0.1) is 0 Å². The van der Waals surface area contributed by atoms with Crippen LogP contribution in [-0.4, -0.2) is 47.4 Å². The lowest BCUT2D eigenvalue weighted by atomic mass is 10.2. The Morgan fingerprint density at radius 2 is 2.47 bits per heavy atom. The summed E-state index contributed by atoms with van der Waals surface area (Å²) in [4.78, 5) is 22.7. The average Bonchev–Trinajstić information content (AvgIpc) is 2.97. The van der Waals surface area contributed by atoms with Crippen molar-refractivity contribution < 1.29 is 14.3 Å². The third-order valence-corrected chi connectivity index (χ3v) is 2.96. The van der Waals surface area contributed by atoms with Crippen LogP contribution < -0.4 is 16.4 Å². The molecule has 1 aromatic heterocycles. The third kappa shape index (κ3) is 3.52. The van der Waals surface area contributed by atoms with Crippen LogP contribution in [0.1, 0.15) is 6.42 Å². The lowest BCUT2D eigenvalue weighted by Crippen LogP contribution is -2.35. The van der Waals surface area contributed by atoms with Crippen LogP contribution in [0.4, 0.5) is 5.69 Å². The van der Waals surface area contributed by atoms with Gasteiger partial charge < -0.3 is 21.1 Å². The molecule has 8 heteroatoms. The van der Waals surface area contributed by atoms with E-state index in [9.17, 15) is 9.59 Å². The Morgan fingerprint density at radius 3 is 3.11 bits per heavy atom. The molecule has 0 saturated carbocycles. The van der Waals surface area contributed by atoms with Crippen LogP contribution in [0.25, 0.3) is 0 Å². The Morgan fingerprint density at radius 1 is 1.68 bits per heavy atom. The van der Waals surface area contributed by atoms with E-state index in [4.69, 9.17) is 10.5 Å². The molecule has 2 rings (SSSR count).